The van der Waals surface area contributed by atoms with E-state index < -0.39 is 0 Å². The number of fused-ring (bicyclic) bond motifs is 4. The van der Waals surface area contributed by atoms with Gasteiger partial charge >= 0.3 is 0 Å². The van der Waals surface area contributed by atoms with E-state index in [9.17, 15) is 0 Å². The Balaban J connectivity index is 1.15. The summed E-state index contributed by atoms with van der Waals surface area (Å²) in [6.45, 7) is 32.9. The molecule has 0 amide bonds. The van der Waals surface area contributed by atoms with Crippen LogP contribution in [0.1, 0.15) is 130 Å². The van der Waals surface area contributed by atoms with Crippen LogP contribution < -0.4 is 14.5 Å². The maximum atomic E-state index is 6.91. The fourth-order valence-corrected chi connectivity index (χ4v) is 9.71. The van der Waals surface area contributed by atoms with E-state index in [1.54, 1.807) is 0 Å². The fourth-order valence-electron chi connectivity index (χ4n) is 9.71. The van der Waals surface area contributed by atoms with Crippen LogP contribution >= 0.6 is 0 Å². The molecular weight excluding hydrogens is 805 g/mol. The third kappa shape index (κ3) is 8.27. The molecule has 0 atom stereocenters. The minimum absolute atomic E-state index is 0.0307. The van der Waals surface area contributed by atoms with Crippen molar-refractivity contribution < 1.29 is 4.74 Å². The summed E-state index contributed by atoms with van der Waals surface area (Å²) >= 11 is 0. The Morgan fingerprint density at radius 1 is 0.424 bits per heavy atom. The Bertz CT molecular complexity index is 3110. The van der Waals surface area contributed by atoms with Crippen LogP contribution in [-0.2, 0) is 27.1 Å². The van der Waals surface area contributed by atoms with Crippen LogP contribution in [0.5, 0.6) is 11.5 Å². The van der Waals surface area contributed by atoms with E-state index in [0.717, 1.165) is 39.4 Å². The minimum Gasteiger partial charge on any atom is -0.457 e. The average molecular weight is 873 g/mol. The monoisotopic (exact) mass is 873 g/mol. The summed E-state index contributed by atoms with van der Waals surface area (Å²) in [5, 5.41) is 2.35. The van der Waals surface area contributed by atoms with E-state index in [4.69, 9.17) is 9.72 Å². The van der Waals surface area contributed by atoms with Gasteiger partial charge < -0.3 is 14.5 Å². The lowest BCUT2D eigenvalue weighted by molar-refractivity contribution is 0.483. The molecule has 338 valence electrons. The first-order valence-electron chi connectivity index (χ1n) is 23.7. The Labute approximate surface area is 394 Å². The molecule has 0 N–H and O–H groups in total. The predicted molar refractivity (Wildman–Crippen MR) is 280 cm³/mol. The topological polar surface area (TPSA) is 33.5 Å². The van der Waals surface area contributed by atoms with Crippen LogP contribution in [0.25, 0.3) is 27.6 Å². The molecule has 3 heterocycles. The lowest BCUT2D eigenvalue weighted by Gasteiger charge is -2.32. The Morgan fingerprint density at radius 3 is 1.62 bits per heavy atom. The van der Waals surface area contributed by atoms with Crippen molar-refractivity contribution in [3.8, 4) is 17.3 Å². The SMILES string of the molecule is CC(C)(C)c1cccc(N2CN(c3cccc(Oc4ccc5c6cc(C(C)(C)c7ccccc7)ccc6n(-c6cc(C(C)(C)C)ccn6)c5c4)c3)c3cc(C(C)(C)C)c(C(C)(C)C)cc32)c1. The molecule has 0 unspecified atom stereocenters. The van der Waals surface area contributed by atoms with Crippen LogP contribution in [0.3, 0.4) is 0 Å². The number of hydrogen-bond donors (Lipinski definition) is 0. The molecule has 1 aliphatic heterocycles. The molecule has 0 spiro atoms. The molecule has 0 saturated carbocycles. The highest BCUT2D eigenvalue weighted by Gasteiger charge is 2.35. The first-order valence-corrected chi connectivity index (χ1v) is 23.7. The summed E-state index contributed by atoms with van der Waals surface area (Å²) in [6.07, 6.45) is 1.94. The summed E-state index contributed by atoms with van der Waals surface area (Å²) in [5.41, 5.74) is 14.5. The number of pyridine rings is 1. The number of aromatic nitrogens is 2. The van der Waals surface area contributed by atoms with Gasteiger partial charge in [-0.25, -0.2) is 4.98 Å². The van der Waals surface area contributed by atoms with Crippen molar-refractivity contribution in [2.75, 3.05) is 16.5 Å². The van der Waals surface area contributed by atoms with Gasteiger partial charge in [0.2, 0.25) is 0 Å². The first-order chi connectivity index (χ1) is 31.0. The third-order valence-corrected chi connectivity index (χ3v) is 13.8. The molecule has 6 aromatic carbocycles. The van der Waals surface area contributed by atoms with E-state index in [1.165, 1.54) is 55.8 Å². The lowest BCUT2D eigenvalue weighted by Crippen LogP contribution is -2.24. The second kappa shape index (κ2) is 15.9. The molecule has 5 nitrogen and oxygen atoms in total. The summed E-state index contributed by atoms with van der Waals surface area (Å²) in [7, 11) is 0. The van der Waals surface area contributed by atoms with Gasteiger partial charge in [-0.15, -0.1) is 0 Å². The van der Waals surface area contributed by atoms with Crippen molar-refractivity contribution in [3.05, 3.63) is 179 Å². The molecule has 0 radical (unpaired) electrons. The second-order valence-corrected chi connectivity index (χ2v) is 23.2. The van der Waals surface area contributed by atoms with E-state index in [-0.39, 0.29) is 27.1 Å². The number of rotatable bonds is 7. The van der Waals surface area contributed by atoms with E-state index in [2.05, 4.69) is 251 Å². The van der Waals surface area contributed by atoms with Crippen molar-refractivity contribution in [2.45, 2.75) is 124 Å². The van der Waals surface area contributed by atoms with Crippen molar-refractivity contribution in [2.24, 2.45) is 0 Å². The average Bonchev–Trinajstić information content (AvgIpc) is 3.80. The zero-order valence-corrected chi connectivity index (χ0v) is 41.8. The molecule has 9 rings (SSSR count). The number of benzene rings is 6. The maximum absolute atomic E-state index is 6.91. The van der Waals surface area contributed by atoms with E-state index in [1.807, 2.05) is 6.20 Å². The van der Waals surface area contributed by atoms with Gasteiger partial charge in [-0.1, -0.05) is 152 Å². The van der Waals surface area contributed by atoms with E-state index in [0.29, 0.717) is 6.67 Å². The van der Waals surface area contributed by atoms with Crippen molar-refractivity contribution >= 4 is 44.6 Å². The molecule has 1 aliphatic rings. The fraction of sp³-hybridized carbons (Fsp3) is 0.328. The van der Waals surface area contributed by atoms with Gasteiger partial charge in [-0.2, -0.15) is 0 Å². The maximum Gasteiger partial charge on any atom is 0.137 e. The zero-order chi connectivity index (χ0) is 47.1. The zero-order valence-electron chi connectivity index (χ0n) is 41.8. The summed E-state index contributed by atoms with van der Waals surface area (Å²) < 4.78 is 9.22. The molecule has 0 fully saturated rings. The normalized spacial score (nSPS) is 13.8. The largest absolute Gasteiger partial charge is 0.457 e. The highest BCUT2D eigenvalue weighted by Crippen LogP contribution is 2.50. The Kier molecular flexibility index (Phi) is 10.8. The number of hydrogen-bond acceptors (Lipinski definition) is 4. The molecule has 5 heteroatoms. The van der Waals surface area contributed by atoms with Crippen LogP contribution in [0.2, 0.25) is 0 Å². The van der Waals surface area contributed by atoms with Crippen molar-refractivity contribution in [1.82, 2.24) is 9.55 Å². The van der Waals surface area contributed by atoms with Crippen molar-refractivity contribution in [3.63, 3.8) is 0 Å². The Hall–Kier alpha value is -6.33. The van der Waals surface area contributed by atoms with Gasteiger partial charge in [0.1, 0.15) is 24.0 Å². The smallest absolute Gasteiger partial charge is 0.137 e. The Morgan fingerprint density at radius 2 is 1.00 bits per heavy atom. The number of nitrogens with zero attached hydrogens (tertiary/aromatic N) is 4. The van der Waals surface area contributed by atoms with Gasteiger partial charge in [0, 0.05) is 45.9 Å². The lowest BCUT2D eigenvalue weighted by atomic mass is 9.74. The van der Waals surface area contributed by atoms with Gasteiger partial charge in [-0.3, -0.25) is 4.57 Å². The molecule has 8 aromatic rings. The molecule has 2 aromatic heterocycles. The van der Waals surface area contributed by atoms with Crippen LogP contribution in [0, 0.1) is 0 Å². The van der Waals surface area contributed by atoms with Gasteiger partial charge in [0.05, 0.1) is 22.4 Å². The third-order valence-electron chi connectivity index (χ3n) is 13.8. The van der Waals surface area contributed by atoms with Gasteiger partial charge in [0.15, 0.2) is 0 Å². The molecule has 66 heavy (non-hydrogen) atoms. The first kappa shape index (κ1) is 44.9. The molecular formula is C61H68N4O. The van der Waals surface area contributed by atoms with Gasteiger partial charge in [-0.05, 0) is 128 Å². The quantitative estimate of drug-likeness (QED) is 0.160. The van der Waals surface area contributed by atoms with Crippen molar-refractivity contribution in [1.29, 1.82) is 0 Å². The summed E-state index contributed by atoms with van der Waals surface area (Å²) in [6, 6.07) is 51.2. The highest BCUT2D eigenvalue weighted by molar-refractivity contribution is 6.10. The standard InChI is InChI=1S/C61H68N4O/c1-57(2,3)41-22-18-23-44(32-41)63-39-64(55-38-51(60(10,11)12)50(37-54(55)63)59(7,8)9)45-24-19-25-46(35-45)66-47-27-28-48-49-33-43(61(13,14)40-20-16-15-17-21-40)26-29-52(49)65(53(48)36-47)56-34-42(30-31-62-56)58(4,5)6/h15-38H,39H2,1-14H3. The molecule has 0 saturated heterocycles. The minimum atomic E-state index is -0.186. The van der Waals surface area contributed by atoms with Gasteiger partial charge in [0.25, 0.3) is 0 Å². The van der Waals surface area contributed by atoms with Crippen LogP contribution in [0.15, 0.2) is 146 Å². The summed E-state index contributed by atoms with van der Waals surface area (Å²) in [5.74, 6) is 2.45. The second-order valence-electron chi connectivity index (χ2n) is 23.2. The van der Waals surface area contributed by atoms with Crippen LogP contribution in [0.4, 0.5) is 22.7 Å². The molecule has 0 bridgehead atoms. The number of anilines is 4. The van der Waals surface area contributed by atoms with E-state index >= 15 is 0 Å². The summed E-state index contributed by atoms with van der Waals surface area (Å²) in [4.78, 5) is 9.94. The molecule has 0 aliphatic carbocycles. The van der Waals surface area contributed by atoms with Crippen LogP contribution in [-0.4, -0.2) is 16.2 Å². The highest BCUT2D eigenvalue weighted by atomic mass is 16.5. The number of ether oxygens (including phenoxy) is 1. The predicted octanol–water partition coefficient (Wildman–Crippen LogP) is 16.7.